The minimum Gasteiger partial charge on any atom is -0.450 e. The summed E-state index contributed by atoms with van der Waals surface area (Å²) in [6.45, 7) is 7.49. The van der Waals surface area contributed by atoms with E-state index >= 15 is 0 Å². The lowest BCUT2D eigenvalue weighted by molar-refractivity contribution is 0.0948. The molecule has 1 unspecified atom stereocenters. The lowest BCUT2D eigenvalue weighted by Gasteiger charge is -2.26. The molecule has 1 aliphatic heterocycles. The third-order valence-electron chi connectivity index (χ3n) is 2.57. The normalized spacial score (nSPS) is 22.5. The van der Waals surface area contributed by atoms with Crippen LogP contribution >= 0.6 is 0 Å². The molecular formula is C10H19NO2. The molecule has 0 saturated carbocycles. The molecule has 0 aromatic heterocycles. The van der Waals surface area contributed by atoms with Crippen LogP contribution in [0.3, 0.4) is 0 Å². The summed E-state index contributed by atoms with van der Waals surface area (Å²) < 4.78 is 4.99. The average Bonchev–Trinajstić information content (AvgIpc) is 2.52. The summed E-state index contributed by atoms with van der Waals surface area (Å²) in [5, 5.41) is 0. The first-order valence-electron chi connectivity index (χ1n) is 5.10. The van der Waals surface area contributed by atoms with Crippen LogP contribution in [0, 0.1) is 5.92 Å². The van der Waals surface area contributed by atoms with Crippen molar-refractivity contribution in [1.82, 2.24) is 4.90 Å². The van der Waals surface area contributed by atoms with Crippen LogP contribution in [-0.4, -0.2) is 30.2 Å². The zero-order valence-corrected chi connectivity index (χ0v) is 8.75. The van der Waals surface area contributed by atoms with E-state index in [0.717, 1.165) is 19.4 Å². The summed E-state index contributed by atoms with van der Waals surface area (Å²) in [6, 6.07) is 0.388. The quantitative estimate of drug-likeness (QED) is 0.660. The number of ether oxygens (including phenoxy) is 1. The monoisotopic (exact) mass is 185 g/mol. The van der Waals surface area contributed by atoms with Gasteiger partial charge >= 0.3 is 6.09 Å². The SMILES string of the molecule is CCOC(=O)N1CCCC1C(C)C. The van der Waals surface area contributed by atoms with Crippen LogP contribution in [0.25, 0.3) is 0 Å². The fourth-order valence-electron chi connectivity index (χ4n) is 1.92. The van der Waals surface area contributed by atoms with E-state index in [-0.39, 0.29) is 6.09 Å². The molecule has 1 rings (SSSR count). The maximum atomic E-state index is 11.5. The maximum Gasteiger partial charge on any atom is 0.410 e. The molecule has 1 heterocycles. The number of carbonyl (C=O) groups excluding carboxylic acids is 1. The van der Waals surface area contributed by atoms with Gasteiger partial charge in [-0.1, -0.05) is 13.8 Å². The lowest BCUT2D eigenvalue weighted by Crippen LogP contribution is -2.38. The molecule has 13 heavy (non-hydrogen) atoms. The van der Waals surface area contributed by atoms with Crippen LogP contribution in [-0.2, 0) is 4.74 Å². The Balaban J connectivity index is 2.52. The van der Waals surface area contributed by atoms with Gasteiger partial charge in [-0.2, -0.15) is 0 Å². The highest BCUT2D eigenvalue weighted by Gasteiger charge is 2.31. The lowest BCUT2D eigenvalue weighted by atomic mass is 10.0. The summed E-state index contributed by atoms with van der Waals surface area (Å²) >= 11 is 0. The number of hydrogen-bond donors (Lipinski definition) is 0. The van der Waals surface area contributed by atoms with E-state index in [2.05, 4.69) is 13.8 Å². The molecule has 0 radical (unpaired) electrons. The summed E-state index contributed by atoms with van der Waals surface area (Å²) in [7, 11) is 0. The van der Waals surface area contributed by atoms with Crippen molar-refractivity contribution in [2.24, 2.45) is 5.92 Å². The van der Waals surface area contributed by atoms with Crippen molar-refractivity contribution in [3.63, 3.8) is 0 Å². The largest absolute Gasteiger partial charge is 0.450 e. The smallest absolute Gasteiger partial charge is 0.410 e. The summed E-state index contributed by atoms with van der Waals surface area (Å²) in [6.07, 6.45) is 2.09. The van der Waals surface area contributed by atoms with Gasteiger partial charge in [-0.15, -0.1) is 0 Å². The van der Waals surface area contributed by atoms with E-state index in [4.69, 9.17) is 4.74 Å². The Morgan fingerprint density at radius 3 is 2.85 bits per heavy atom. The molecule has 0 bridgehead atoms. The van der Waals surface area contributed by atoms with Gasteiger partial charge in [-0.25, -0.2) is 4.79 Å². The molecule has 1 fully saturated rings. The Kier molecular flexibility index (Phi) is 3.58. The van der Waals surface area contributed by atoms with Crippen molar-refractivity contribution in [2.75, 3.05) is 13.2 Å². The number of likely N-dealkylation sites (tertiary alicyclic amines) is 1. The molecule has 0 aromatic carbocycles. The molecule has 1 atom stereocenters. The van der Waals surface area contributed by atoms with Crippen molar-refractivity contribution in [3.8, 4) is 0 Å². The zero-order chi connectivity index (χ0) is 9.84. The highest BCUT2D eigenvalue weighted by Crippen LogP contribution is 2.24. The predicted octanol–water partition coefficient (Wildman–Crippen LogP) is 2.26. The molecule has 0 N–H and O–H groups in total. The summed E-state index contributed by atoms with van der Waals surface area (Å²) in [5.41, 5.74) is 0. The molecule has 1 amide bonds. The molecular weight excluding hydrogens is 166 g/mol. The fraction of sp³-hybridized carbons (Fsp3) is 0.900. The van der Waals surface area contributed by atoms with E-state index in [0.29, 0.717) is 18.6 Å². The Hall–Kier alpha value is -0.730. The van der Waals surface area contributed by atoms with Gasteiger partial charge in [0.1, 0.15) is 0 Å². The minimum atomic E-state index is -0.140. The molecule has 0 spiro atoms. The van der Waals surface area contributed by atoms with Gasteiger partial charge in [0.25, 0.3) is 0 Å². The maximum absolute atomic E-state index is 11.5. The zero-order valence-electron chi connectivity index (χ0n) is 8.75. The van der Waals surface area contributed by atoms with Gasteiger partial charge in [0, 0.05) is 12.6 Å². The molecule has 3 heteroatoms. The second-order valence-electron chi connectivity index (χ2n) is 3.85. The van der Waals surface area contributed by atoms with Gasteiger partial charge < -0.3 is 9.64 Å². The highest BCUT2D eigenvalue weighted by molar-refractivity contribution is 5.68. The topological polar surface area (TPSA) is 29.5 Å². The van der Waals surface area contributed by atoms with E-state index in [1.54, 1.807) is 0 Å². The molecule has 3 nitrogen and oxygen atoms in total. The van der Waals surface area contributed by atoms with Crippen LogP contribution < -0.4 is 0 Å². The predicted molar refractivity (Wildman–Crippen MR) is 51.6 cm³/mol. The summed E-state index contributed by atoms with van der Waals surface area (Å²) in [4.78, 5) is 13.3. The van der Waals surface area contributed by atoms with Gasteiger partial charge in [-0.3, -0.25) is 0 Å². The number of amides is 1. The number of hydrogen-bond acceptors (Lipinski definition) is 2. The molecule has 1 aliphatic rings. The standard InChI is InChI=1S/C10H19NO2/c1-4-13-10(12)11-7-5-6-9(11)8(2)3/h8-9H,4-7H2,1-3H3. The van der Waals surface area contributed by atoms with E-state index in [9.17, 15) is 4.79 Å². The third kappa shape index (κ3) is 2.36. The van der Waals surface area contributed by atoms with Crippen molar-refractivity contribution < 1.29 is 9.53 Å². The Morgan fingerprint density at radius 2 is 2.31 bits per heavy atom. The van der Waals surface area contributed by atoms with Crippen LogP contribution in [0.1, 0.15) is 33.6 Å². The van der Waals surface area contributed by atoms with Crippen LogP contribution in [0.2, 0.25) is 0 Å². The molecule has 0 aliphatic carbocycles. The first kappa shape index (κ1) is 10.4. The van der Waals surface area contributed by atoms with Gasteiger partial charge in [0.15, 0.2) is 0 Å². The Labute approximate surface area is 80.1 Å². The minimum absolute atomic E-state index is 0.140. The first-order chi connectivity index (χ1) is 6.16. The van der Waals surface area contributed by atoms with E-state index < -0.39 is 0 Å². The number of nitrogens with zero attached hydrogens (tertiary/aromatic N) is 1. The molecule has 1 saturated heterocycles. The van der Waals surface area contributed by atoms with Crippen LogP contribution in [0.4, 0.5) is 4.79 Å². The van der Waals surface area contributed by atoms with Crippen LogP contribution in [0.15, 0.2) is 0 Å². The number of rotatable bonds is 2. The Bertz CT molecular complexity index is 180. The second-order valence-corrected chi connectivity index (χ2v) is 3.85. The fourth-order valence-corrected chi connectivity index (χ4v) is 1.92. The molecule has 76 valence electrons. The van der Waals surface area contributed by atoms with Crippen LogP contribution in [0.5, 0.6) is 0 Å². The Morgan fingerprint density at radius 1 is 1.62 bits per heavy atom. The second kappa shape index (κ2) is 4.49. The summed E-state index contributed by atoms with van der Waals surface area (Å²) in [5.74, 6) is 0.534. The average molecular weight is 185 g/mol. The molecule has 0 aromatic rings. The van der Waals surface area contributed by atoms with Crippen molar-refractivity contribution in [1.29, 1.82) is 0 Å². The highest BCUT2D eigenvalue weighted by atomic mass is 16.6. The van der Waals surface area contributed by atoms with Crippen molar-refractivity contribution in [2.45, 2.75) is 39.7 Å². The van der Waals surface area contributed by atoms with Gasteiger partial charge in [0.2, 0.25) is 0 Å². The van der Waals surface area contributed by atoms with Crippen molar-refractivity contribution in [3.05, 3.63) is 0 Å². The van der Waals surface area contributed by atoms with Crippen molar-refractivity contribution >= 4 is 6.09 Å². The third-order valence-corrected chi connectivity index (χ3v) is 2.57. The van der Waals surface area contributed by atoms with Gasteiger partial charge in [0.05, 0.1) is 6.61 Å². The van der Waals surface area contributed by atoms with E-state index in [1.165, 1.54) is 0 Å². The van der Waals surface area contributed by atoms with E-state index in [1.807, 2.05) is 11.8 Å². The first-order valence-corrected chi connectivity index (χ1v) is 5.10. The van der Waals surface area contributed by atoms with Gasteiger partial charge in [-0.05, 0) is 25.7 Å². The number of carbonyl (C=O) groups is 1.